The molecule has 0 aliphatic heterocycles. The molecule has 10 heteroatoms. The van der Waals surface area contributed by atoms with Gasteiger partial charge in [0.1, 0.15) is 5.69 Å². The van der Waals surface area contributed by atoms with E-state index in [0.29, 0.717) is 23.1 Å². The molecule has 28 heavy (non-hydrogen) atoms. The van der Waals surface area contributed by atoms with Gasteiger partial charge >= 0.3 is 6.18 Å². The van der Waals surface area contributed by atoms with Crippen LogP contribution in [0.2, 0.25) is 0 Å². The highest BCUT2D eigenvalue weighted by Crippen LogP contribution is 2.35. The number of anilines is 1. The monoisotopic (exact) mass is 397 g/mol. The van der Waals surface area contributed by atoms with E-state index in [4.69, 9.17) is 9.47 Å². The molecule has 0 amide bonds. The molecule has 0 atom stereocenters. The highest BCUT2D eigenvalue weighted by molar-refractivity contribution is 5.82. The minimum atomic E-state index is -4.68. The quantitative estimate of drug-likeness (QED) is 0.410. The fourth-order valence-electron chi connectivity index (χ4n) is 2.25. The van der Waals surface area contributed by atoms with Crippen molar-refractivity contribution < 1.29 is 27.6 Å². The van der Waals surface area contributed by atoms with Crippen molar-refractivity contribution in [1.82, 2.24) is 0 Å². The summed E-state index contributed by atoms with van der Waals surface area (Å²) in [4.78, 5) is 10.2. The first-order valence-electron chi connectivity index (χ1n) is 8.11. The standard InChI is InChI=1S/C18H18F3N3O4/c1-11(2)28-16-7-4-12(8-17(16)27-3)10-22-23-14-6-5-13(18(19,20)21)9-15(14)24(25)26/h4-11,23H,1-3H3/b22-10-. The predicted octanol–water partition coefficient (Wildman–Crippen LogP) is 4.86. The molecule has 2 rings (SSSR count). The van der Waals surface area contributed by atoms with Gasteiger partial charge in [0.25, 0.3) is 5.69 Å². The Kier molecular flexibility index (Phi) is 6.45. The van der Waals surface area contributed by atoms with Gasteiger partial charge in [-0.15, -0.1) is 0 Å². The zero-order valence-electron chi connectivity index (χ0n) is 15.3. The van der Waals surface area contributed by atoms with Gasteiger partial charge in [-0.2, -0.15) is 18.3 Å². The molecule has 0 aromatic heterocycles. The third kappa shape index (κ3) is 5.35. The second-order valence-corrected chi connectivity index (χ2v) is 5.93. The minimum Gasteiger partial charge on any atom is -0.493 e. The number of hydrogen-bond acceptors (Lipinski definition) is 6. The number of nitrogens with zero attached hydrogens (tertiary/aromatic N) is 2. The van der Waals surface area contributed by atoms with Crippen LogP contribution in [-0.2, 0) is 6.18 Å². The lowest BCUT2D eigenvalue weighted by Crippen LogP contribution is -2.07. The smallest absolute Gasteiger partial charge is 0.416 e. The third-order valence-electron chi connectivity index (χ3n) is 3.47. The Morgan fingerprint density at radius 3 is 2.46 bits per heavy atom. The van der Waals surface area contributed by atoms with Crippen LogP contribution in [0.1, 0.15) is 25.0 Å². The van der Waals surface area contributed by atoms with Crippen molar-refractivity contribution in [3.8, 4) is 11.5 Å². The summed E-state index contributed by atoms with van der Waals surface area (Å²) < 4.78 is 49.0. The Labute approximate surface area is 158 Å². The molecule has 2 aromatic rings. The van der Waals surface area contributed by atoms with Crippen LogP contribution in [0.3, 0.4) is 0 Å². The lowest BCUT2D eigenvalue weighted by Gasteiger charge is -2.13. The third-order valence-corrected chi connectivity index (χ3v) is 3.47. The zero-order chi connectivity index (χ0) is 20.9. The van der Waals surface area contributed by atoms with Gasteiger partial charge in [-0.1, -0.05) is 0 Å². The van der Waals surface area contributed by atoms with Crippen LogP contribution in [0, 0.1) is 10.1 Å². The van der Waals surface area contributed by atoms with Gasteiger partial charge in [-0.05, 0) is 49.7 Å². The molecule has 7 nitrogen and oxygen atoms in total. The lowest BCUT2D eigenvalue weighted by atomic mass is 10.1. The second-order valence-electron chi connectivity index (χ2n) is 5.93. The van der Waals surface area contributed by atoms with E-state index in [-0.39, 0.29) is 11.8 Å². The molecule has 0 spiro atoms. The van der Waals surface area contributed by atoms with Gasteiger partial charge < -0.3 is 9.47 Å². The molecule has 0 unspecified atom stereocenters. The van der Waals surface area contributed by atoms with Crippen molar-refractivity contribution in [1.29, 1.82) is 0 Å². The summed E-state index contributed by atoms with van der Waals surface area (Å²) in [6, 6.07) is 7.17. The van der Waals surface area contributed by atoms with Crippen molar-refractivity contribution in [3.63, 3.8) is 0 Å². The summed E-state index contributed by atoms with van der Waals surface area (Å²) in [6.07, 6.45) is -3.37. The van der Waals surface area contributed by atoms with Crippen molar-refractivity contribution >= 4 is 17.6 Å². The molecular weight excluding hydrogens is 379 g/mol. The average molecular weight is 397 g/mol. The molecule has 0 saturated heterocycles. The number of rotatable bonds is 7. The molecule has 0 aliphatic rings. The van der Waals surface area contributed by atoms with Gasteiger partial charge in [0, 0.05) is 6.07 Å². The second kappa shape index (κ2) is 8.59. The maximum absolute atomic E-state index is 12.7. The van der Waals surface area contributed by atoms with E-state index >= 15 is 0 Å². The van der Waals surface area contributed by atoms with Crippen LogP contribution in [0.4, 0.5) is 24.5 Å². The van der Waals surface area contributed by atoms with Crippen LogP contribution in [0.5, 0.6) is 11.5 Å². The summed E-state index contributed by atoms with van der Waals surface area (Å²) in [5.74, 6) is 1.01. The molecular formula is C18H18F3N3O4. The van der Waals surface area contributed by atoms with Crippen LogP contribution in [-0.4, -0.2) is 24.4 Å². The number of alkyl halides is 3. The number of benzene rings is 2. The number of halogens is 3. The van der Waals surface area contributed by atoms with E-state index in [1.54, 1.807) is 18.2 Å². The topological polar surface area (TPSA) is 86.0 Å². The van der Waals surface area contributed by atoms with Crippen molar-refractivity contribution in [2.24, 2.45) is 5.10 Å². The maximum Gasteiger partial charge on any atom is 0.416 e. The summed E-state index contributed by atoms with van der Waals surface area (Å²) in [6.45, 7) is 3.74. The van der Waals surface area contributed by atoms with E-state index in [1.165, 1.54) is 13.3 Å². The summed E-state index contributed by atoms with van der Waals surface area (Å²) in [5.41, 5.74) is 0.978. The molecule has 0 bridgehead atoms. The van der Waals surface area contributed by atoms with Crippen LogP contribution in [0.25, 0.3) is 0 Å². The number of methoxy groups -OCH3 is 1. The molecule has 150 valence electrons. The van der Waals surface area contributed by atoms with Gasteiger partial charge in [-0.25, -0.2) is 0 Å². The number of hydrazone groups is 1. The molecule has 0 saturated carbocycles. The average Bonchev–Trinajstić information content (AvgIpc) is 2.61. The first-order chi connectivity index (χ1) is 13.1. The molecule has 0 fully saturated rings. The predicted molar refractivity (Wildman–Crippen MR) is 98.1 cm³/mol. The molecule has 1 N–H and O–H groups in total. The zero-order valence-corrected chi connectivity index (χ0v) is 15.3. The molecule has 0 heterocycles. The number of ether oxygens (including phenoxy) is 2. The van der Waals surface area contributed by atoms with Crippen molar-refractivity contribution in [2.75, 3.05) is 12.5 Å². The number of hydrogen-bond donors (Lipinski definition) is 1. The normalized spacial score (nSPS) is 11.7. The highest BCUT2D eigenvalue weighted by atomic mass is 19.4. The largest absolute Gasteiger partial charge is 0.493 e. The fourth-order valence-corrected chi connectivity index (χ4v) is 2.25. The first-order valence-corrected chi connectivity index (χ1v) is 8.11. The Balaban J connectivity index is 2.21. The van der Waals surface area contributed by atoms with Gasteiger partial charge in [0.2, 0.25) is 0 Å². The Morgan fingerprint density at radius 1 is 1.18 bits per heavy atom. The number of nitro groups is 1. The van der Waals surface area contributed by atoms with E-state index in [1.807, 2.05) is 13.8 Å². The summed E-state index contributed by atoms with van der Waals surface area (Å²) in [7, 11) is 1.48. The molecule has 0 aliphatic carbocycles. The Hall–Kier alpha value is -3.30. The highest BCUT2D eigenvalue weighted by Gasteiger charge is 2.33. The summed E-state index contributed by atoms with van der Waals surface area (Å²) in [5, 5.41) is 14.9. The van der Waals surface area contributed by atoms with E-state index in [0.717, 1.165) is 12.1 Å². The van der Waals surface area contributed by atoms with Gasteiger partial charge in [0.15, 0.2) is 11.5 Å². The van der Waals surface area contributed by atoms with Crippen molar-refractivity contribution in [2.45, 2.75) is 26.1 Å². The summed E-state index contributed by atoms with van der Waals surface area (Å²) >= 11 is 0. The minimum absolute atomic E-state index is 0.0460. The van der Waals surface area contributed by atoms with Crippen molar-refractivity contribution in [3.05, 3.63) is 57.6 Å². The number of nitrogens with one attached hydrogen (secondary N) is 1. The Bertz CT molecular complexity index is 883. The Morgan fingerprint density at radius 2 is 1.89 bits per heavy atom. The molecule has 0 radical (unpaired) electrons. The van der Waals surface area contributed by atoms with E-state index in [2.05, 4.69) is 10.5 Å². The van der Waals surface area contributed by atoms with E-state index in [9.17, 15) is 23.3 Å². The lowest BCUT2D eigenvalue weighted by molar-refractivity contribution is -0.384. The SMILES string of the molecule is COc1cc(/C=N\Nc2ccc(C(F)(F)F)cc2[N+](=O)[O-])ccc1OC(C)C. The van der Waals surface area contributed by atoms with Crippen LogP contribution in [0.15, 0.2) is 41.5 Å². The van der Waals surface area contributed by atoms with Gasteiger partial charge in [0.05, 0.1) is 29.9 Å². The number of nitro benzene ring substituents is 1. The molecule has 2 aromatic carbocycles. The van der Waals surface area contributed by atoms with E-state index < -0.39 is 22.4 Å². The first kappa shape index (κ1) is 21.0. The fraction of sp³-hybridized carbons (Fsp3) is 0.278. The van der Waals surface area contributed by atoms with Gasteiger partial charge in [-0.3, -0.25) is 15.5 Å². The maximum atomic E-state index is 12.7. The van der Waals surface area contributed by atoms with Crippen LogP contribution >= 0.6 is 0 Å². The van der Waals surface area contributed by atoms with Crippen LogP contribution < -0.4 is 14.9 Å².